The number of alkyl halides is 3. The van der Waals surface area contributed by atoms with Crippen molar-refractivity contribution in [1.82, 2.24) is 0 Å². The number of para-hydroxylation sites is 1. The first-order valence-corrected chi connectivity index (χ1v) is 7.96. The van der Waals surface area contributed by atoms with Gasteiger partial charge in [-0.25, -0.2) is 0 Å². The summed E-state index contributed by atoms with van der Waals surface area (Å²) < 4.78 is 38.6. The van der Waals surface area contributed by atoms with E-state index in [0.717, 1.165) is 12.1 Å². The molecule has 0 spiro atoms. The molecule has 0 aliphatic carbocycles. The summed E-state index contributed by atoms with van der Waals surface area (Å²) in [6.07, 6.45) is -4.45. The number of carbonyl (C=O) groups excluding carboxylic acids is 1. The van der Waals surface area contributed by atoms with Gasteiger partial charge in [0.25, 0.3) is 5.91 Å². The van der Waals surface area contributed by atoms with Crippen molar-refractivity contribution in [3.8, 4) is 5.75 Å². The predicted octanol–water partition coefficient (Wildman–Crippen LogP) is 5.41. The Balaban J connectivity index is 1.84. The van der Waals surface area contributed by atoms with Gasteiger partial charge in [-0.2, -0.15) is 13.2 Å². The van der Waals surface area contributed by atoms with Crippen LogP contribution in [0.15, 0.2) is 72.8 Å². The molecule has 0 unspecified atom stereocenters. The second kappa shape index (κ2) is 7.41. The minimum absolute atomic E-state index is 0.0691. The van der Waals surface area contributed by atoms with Gasteiger partial charge in [0.05, 0.1) is 16.8 Å². The molecule has 7 heteroatoms. The molecular formula is C20H15F3N2O2. The Bertz CT molecular complexity index is 954. The Morgan fingerprint density at radius 1 is 0.852 bits per heavy atom. The van der Waals surface area contributed by atoms with E-state index in [2.05, 4.69) is 10.6 Å². The van der Waals surface area contributed by atoms with E-state index in [-0.39, 0.29) is 17.0 Å². The van der Waals surface area contributed by atoms with Crippen LogP contribution in [0.3, 0.4) is 0 Å². The molecule has 0 radical (unpaired) electrons. The number of hydrogen-bond acceptors (Lipinski definition) is 3. The highest BCUT2D eigenvalue weighted by atomic mass is 19.4. The van der Waals surface area contributed by atoms with Gasteiger partial charge < -0.3 is 15.7 Å². The van der Waals surface area contributed by atoms with Crippen molar-refractivity contribution >= 4 is 23.0 Å². The van der Waals surface area contributed by atoms with Crippen molar-refractivity contribution < 1.29 is 23.1 Å². The molecule has 0 saturated carbocycles. The molecule has 0 atom stereocenters. The number of amides is 1. The quantitative estimate of drug-likeness (QED) is 0.537. The van der Waals surface area contributed by atoms with Gasteiger partial charge in [0.1, 0.15) is 5.75 Å². The molecule has 0 aromatic heterocycles. The van der Waals surface area contributed by atoms with Crippen molar-refractivity contribution in [1.29, 1.82) is 0 Å². The lowest BCUT2D eigenvalue weighted by Crippen LogP contribution is -2.14. The number of rotatable bonds is 4. The highest BCUT2D eigenvalue weighted by Gasteiger charge is 2.30. The van der Waals surface area contributed by atoms with Crippen LogP contribution in [0.25, 0.3) is 0 Å². The summed E-state index contributed by atoms with van der Waals surface area (Å²) >= 11 is 0. The number of phenols is 1. The van der Waals surface area contributed by atoms with Gasteiger partial charge in [-0.05, 0) is 54.6 Å². The second-order valence-corrected chi connectivity index (χ2v) is 5.75. The van der Waals surface area contributed by atoms with Crippen LogP contribution in [0.5, 0.6) is 5.75 Å². The topological polar surface area (TPSA) is 61.4 Å². The van der Waals surface area contributed by atoms with Crippen LogP contribution < -0.4 is 10.6 Å². The molecular weight excluding hydrogens is 357 g/mol. The minimum Gasteiger partial charge on any atom is -0.508 e. The van der Waals surface area contributed by atoms with Gasteiger partial charge in [-0.1, -0.05) is 18.2 Å². The SMILES string of the molecule is O=C(Nc1ccc(O)cc1)c1ccccc1Nc1cccc(C(F)(F)F)c1. The maximum atomic E-state index is 12.9. The van der Waals surface area contributed by atoms with Gasteiger partial charge in [-0.3, -0.25) is 4.79 Å². The monoisotopic (exact) mass is 372 g/mol. The first kappa shape index (κ1) is 18.3. The van der Waals surface area contributed by atoms with E-state index in [9.17, 15) is 23.1 Å². The molecule has 0 aliphatic heterocycles. The standard InChI is InChI=1S/C20H15F3N2O2/c21-20(22,23)13-4-3-5-15(12-13)24-18-7-2-1-6-17(18)19(27)25-14-8-10-16(26)11-9-14/h1-12,24,26H,(H,25,27). The highest BCUT2D eigenvalue weighted by molar-refractivity contribution is 6.08. The largest absolute Gasteiger partial charge is 0.508 e. The van der Waals surface area contributed by atoms with E-state index in [1.165, 1.54) is 36.4 Å². The van der Waals surface area contributed by atoms with E-state index in [0.29, 0.717) is 11.4 Å². The lowest BCUT2D eigenvalue weighted by Gasteiger charge is -2.14. The van der Waals surface area contributed by atoms with Crippen molar-refractivity contribution in [3.05, 3.63) is 83.9 Å². The fraction of sp³-hybridized carbons (Fsp3) is 0.0500. The van der Waals surface area contributed by atoms with Gasteiger partial charge in [0.2, 0.25) is 0 Å². The van der Waals surface area contributed by atoms with Crippen molar-refractivity contribution in [2.45, 2.75) is 6.18 Å². The predicted molar refractivity (Wildman–Crippen MR) is 97.2 cm³/mol. The van der Waals surface area contributed by atoms with E-state index in [1.807, 2.05) is 0 Å². The molecule has 0 saturated heterocycles. The van der Waals surface area contributed by atoms with E-state index in [1.54, 1.807) is 24.3 Å². The molecule has 3 rings (SSSR count). The number of hydrogen-bond donors (Lipinski definition) is 3. The van der Waals surface area contributed by atoms with Gasteiger partial charge in [0, 0.05) is 11.4 Å². The molecule has 1 amide bonds. The fourth-order valence-electron chi connectivity index (χ4n) is 2.46. The zero-order chi connectivity index (χ0) is 19.4. The van der Waals surface area contributed by atoms with E-state index < -0.39 is 17.6 Å². The molecule has 0 aliphatic rings. The number of phenolic OH excluding ortho intramolecular Hbond substituents is 1. The Labute approximate surface area is 153 Å². The fourth-order valence-corrected chi connectivity index (χ4v) is 2.46. The zero-order valence-corrected chi connectivity index (χ0v) is 13.9. The average Bonchev–Trinajstić information content (AvgIpc) is 2.63. The van der Waals surface area contributed by atoms with Crippen LogP contribution in [-0.4, -0.2) is 11.0 Å². The molecule has 0 bridgehead atoms. The first-order valence-electron chi connectivity index (χ1n) is 7.96. The van der Waals surface area contributed by atoms with Crippen molar-refractivity contribution in [3.63, 3.8) is 0 Å². The molecule has 0 fully saturated rings. The number of carbonyl (C=O) groups is 1. The minimum atomic E-state index is -4.45. The highest BCUT2D eigenvalue weighted by Crippen LogP contribution is 2.32. The van der Waals surface area contributed by atoms with Gasteiger partial charge in [-0.15, -0.1) is 0 Å². The third-order valence-electron chi connectivity index (χ3n) is 3.77. The number of benzene rings is 3. The molecule has 3 N–H and O–H groups in total. The maximum absolute atomic E-state index is 12.9. The Morgan fingerprint density at radius 3 is 2.26 bits per heavy atom. The maximum Gasteiger partial charge on any atom is 0.416 e. The van der Waals surface area contributed by atoms with Crippen LogP contribution in [0.2, 0.25) is 0 Å². The summed E-state index contributed by atoms with van der Waals surface area (Å²) in [5.41, 5.74) is 0.552. The number of anilines is 3. The molecule has 27 heavy (non-hydrogen) atoms. The van der Waals surface area contributed by atoms with Crippen molar-refractivity contribution in [2.24, 2.45) is 0 Å². The summed E-state index contributed by atoms with van der Waals surface area (Å²) in [7, 11) is 0. The van der Waals surface area contributed by atoms with Crippen LogP contribution in [0, 0.1) is 0 Å². The number of halogens is 3. The number of aromatic hydroxyl groups is 1. The summed E-state index contributed by atoms with van der Waals surface area (Å²) in [6, 6.07) is 17.2. The zero-order valence-electron chi connectivity index (χ0n) is 13.9. The van der Waals surface area contributed by atoms with E-state index >= 15 is 0 Å². The Kier molecular flexibility index (Phi) is 5.03. The average molecular weight is 372 g/mol. The molecule has 4 nitrogen and oxygen atoms in total. The molecule has 138 valence electrons. The molecule has 3 aromatic carbocycles. The number of nitrogens with one attached hydrogen (secondary N) is 2. The van der Waals surface area contributed by atoms with Crippen LogP contribution in [0.4, 0.5) is 30.2 Å². The molecule has 3 aromatic rings. The Hall–Kier alpha value is -3.48. The lowest BCUT2D eigenvalue weighted by atomic mass is 10.1. The molecule has 0 heterocycles. The summed E-state index contributed by atoms with van der Waals surface area (Å²) in [6.45, 7) is 0. The van der Waals surface area contributed by atoms with E-state index in [4.69, 9.17) is 0 Å². The smallest absolute Gasteiger partial charge is 0.416 e. The summed E-state index contributed by atoms with van der Waals surface area (Å²) in [4.78, 5) is 12.5. The van der Waals surface area contributed by atoms with Crippen LogP contribution >= 0.6 is 0 Å². The Morgan fingerprint density at radius 2 is 1.56 bits per heavy atom. The third-order valence-corrected chi connectivity index (χ3v) is 3.77. The van der Waals surface area contributed by atoms with Gasteiger partial charge >= 0.3 is 6.18 Å². The summed E-state index contributed by atoms with van der Waals surface area (Å²) in [5.74, 6) is -0.365. The lowest BCUT2D eigenvalue weighted by molar-refractivity contribution is -0.137. The third kappa shape index (κ3) is 4.58. The van der Waals surface area contributed by atoms with Crippen LogP contribution in [0.1, 0.15) is 15.9 Å². The van der Waals surface area contributed by atoms with Crippen molar-refractivity contribution in [2.75, 3.05) is 10.6 Å². The van der Waals surface area contributed by atoms with Gasteiger partial charge in [0.15, 0.2) is 0 Å². The normalized spacial score (nSPS) is 11.1. The van der Waals surface area contributed by atoms with Crippen LogP contribution in [-0.2, 0) is 6.18 Å². The summed E-state index contributed by atoms with van der Waals surface area (Å²) in [5, 5.41) is 14.8. The first-order chi connectivity index (χ1) is 12.8. The second-order valence-electron chi connectivity index (χ2n) is 5.75.